The van der Waals surface area contributed by atoms with Crippen LogP contribution in [0.25, 0.3) is 0 Å². The second kappa shape index (κ2) is 6.34. The summed E-state index contributed by atoms with van der Waals surface area (Å²) in [4.78, 5) is 29.2. The van der Waals surface area contributed by atoms with Crippen molar-refractivity contribution in [3.8, 4) is 0 Å². The van der Waals surface area contributed by atoms with Gasteiger partial charge in [0.05, 0.1) is 16.8 Å². The molecule has 7 heteroatoms. The van der Waals surface area contributed by atoms with Gasteiger partial charge in [0.2, 0.25) is 11.9 Å². The maximum atomic E-state index is 13.1. The molecule has 0 spiro atoms. The quantitative estimate of drug-likeness (QED) is 0.877. The number of anilines is 1. The summed E-state index contributed by atoms with van der Waals surface area (Å²) in [6, 6.07) is 9.14. The van der Waals surface area contributed by atoms with Gasteiger partial charge in [0.25, 0.3) is 5.91 Å². The first-order valence-electron chi connectivity index (χ1n) is 7.02. The van der Waals surface area contributed by atoms with Gasteiger partial charge in [-0.05, 0) is 18.2 Å². The molecule has 23 heavy (non-hydrogen) atoms. The standard InChI is InChI=1S/C16H13ClFN3O2/c17-12-3-1-2-4-13(12)21-9-11(8-15(21)22)20-16(23)10-5-6-19-14(18)7-10/h1-7,11H,8-9H2,(H,20,23)/t11-/m1/s1. The molecule has 2 aromatic rings. The highest BCUT2D eigenvalue weighted by atomic mass is 35.5. The van der Waals surface area contributed by atoms with Crippen molar-refractivity contribution in [2.45, 2.75) is 12.5 Å². The van der Waals surface area contributed by atoms with E-state index < -0.39 is 11.9 Å². The van der Waals surface area contributed by atoms with Gasteiger partial charge in [0.15, 0.2) is 0 Å². The average molecular weight is 334 g/mol. The highest BCUT2D eigenvalue weighted by Crippen LogP contribution is 2.29. The predicted octanol–water partition coefficient (Wildman–Crippen LogP) is 2.41. The molecular formula is C16H13ClFN3O2. The zero-order valence-electron chi connectivity index (χ0n) is 12.0. The third kappa shape index (κ3) is 3.32. The average Bonchev–Trinajstić information content (AvgIpc) is 2.88. The van der Waals surface area contributed by atoms with Crippen molar-refractivity contribution in [2.24, 2.45) is 0 Å². The van der Waals surface area contributed by atoms with Gasteiger partial charge in [-0.2, -0.15) is 4.39 Å². The molecule has 5 nitrogen and oxygen atoms in total. The van der Waals surface area contributed by atoms with Crippen molar-refractivity contribution < 1.29 is 14.0 Å². The van der Waals surface area contributed by atoms with E-state index in [0.29, 0.717) is 17.3 Å². The van der Waals surface area contributed by atoms with E-state index in [1.165, 1.54) is 12.3 Å². The van der Waals surface area contributed by atoms with Crippen LogP contribution in [0, 0.1) is 5.95 Å². The predicted molar refractivity (Wildman–Crippen MR) is 83.9 cm³/mol. The maximum Gasteiger partial charge on any atom is 0.251 e. The number of pyridine rings is 1. The van der Waals surface area contributed by atoms with Gasteiger partial charge >= 0.3 is 0 Å². The molecule has 1 aliphatic heterocycles. The number of carbonyl (C=O) groups excluding carboxylic acids is 2. The number of benzene rings is 1. The van der Waals surface area contributed by atoms with E-state index in [9.17, 15) is 14.0 Å². The number of carbonyl (C=O) groups is 2. The minimum absolute atomic E-state index is 0.121. The lowest BCUT2D eigenvalue weighted by Crippen LogP contribution is -2.37. The molecule has 0 radical (unpaired) electrons. The lowest BCUT2D eigenvalue weighted by Gasteiger charge is -2.18. The third-order valence-electron chi connectivity index (χ3n) is 3.59. The van der Waals surface area contributed by atoms with E-state index in [0.717, 1.165) is 6.07 Å². The van der Waals surface area contributed by atoms with Crippen LogP contribution in [0.15, 0.2) is 42.6 Å². The third-order valence-corrected chi connectivity index (χ3v) is 3.91. The van der Waals surface area contributed by atoms with Gasteiger partial charge in [-0.15, -0.1) is 0 Å². The molecule has 0 saturated carbocycles. The van der Waals surface area contributed by atoms with Gasteiger partial charge in [-0.1, -0.05) is 23.7 Å². The monoisotopic (exact) mass is 333 g/mol. The molecule has 1 aromatic carbocycles. The van der Waals surface area contributed by atoms with E-state index in [-0.39, 0.29) is 23.9 Å². The second-order valence-electron chi connectivity index (χ2n) is 5.20. The molecule has 2 heterocycles. The lowest BCUT2D eigenvalue weighted by atomic mass is 10.2. The van der Waals surface area contributed by atoms with Crippen LogP contribution in [-0.4, -0.2) is 29.4 Å². The Balaban J connectivity index is 1.71. The fraction of sp³-hybridized carbons (Fsp3) is 0.188. The zero-order valence-corrected chi connectivity index (χ0v) is 12.8. The second-order valence-corrected chi connectivity index (χ2v) is 5.60. The van der Waals surface area contributed by atoms with Crippen LogP contribution in [0.1, 0.15) is 16.8 Å². The summed E-state index contributed by atoms with van der Waals surface area (Å²) in [5, 5.41) is 3.21. The Labute approximate surface area is 137 Å². The molecule has 1 saturated heterocycles. The first-order chi connectivity index (χ1) is 11.0. The van der Waals surface area contributed by atoms with Crippen LogP contribution in [0.3, 0.4) is 0 Å². The molecule has 1 aromatic heterocycles. The summed E-state index contributed by atoms with van der Waals surface area (Å²) in [6.45, 7) is 0.321. The summed E-state index contributed by atoms with van der Waals surface area (Å²) in [5.41, 5.74) is 0.784. The molecule has 1 atom stereocenters. The summed E-state index contributed by atoms with van der Waals surface area (Å²) in [7, 11) is 0. The largest absolute Gasteiger partial charge is 0.347 e. The molecule has 3 rings (SSSR count). The van der Waals surface area contributed by atoms with Crippen LogP contribution in [-0.2, 0) is 4.79 Å². The van der Waals surface area contributed by atoms with E-state index in [4.69, 9.17) is 11.6 Å². The van der Waals surface area contributed by atoms with Crippen LogP contribution < -0.4 is 10.2 Å². The molecule has 0 aliphatic carbocycles. The Bertz CT molecular complexity index is 768. The van der Waals surface area contributed by atoms with E-state index >= 15 is 0 Å². The number of hydrogen-bond acceptors (Lipinski definition) is 3. The first kappa shape index (κ1) is 15.4. The molecule has 118 valence electrons. The van der Waals surface area contributed by atoms with Crippen molar-refractivity contribution in [3.05, 3.63) is 59.1 Å². The van der Waals surface area contributed by atoms with Gasteiger partial charge in [-0.3, -0.25) is 9.59 Å². The maximum absolute atomic E-state index is 13.1. The zero-order chi connectivity index (χ0) is 16.4. The first-order valence-corrected chi connectivity index (χ1v) is 7.39. The number of hydrogen-bond donors (Lipinski definition) is 1. The summed E-state index contributed by atoms with van der Waals surface area (Å²) in [5.74, 6) is -1.28. The van der Waals surface area contributed by atoms with Crippen molar-refractivity contribution in [1.82, 2.24) is 10.3 Å². The van der Waals surface area contributed by atoms with Crippen LogP contribution in [0.5, 0.6) is 0 Å². The summed E-state index contributed by atoms with van der Waals surface area (Å²) in [6.07, 6.45) is 1.39. The number of rotatable bonds is 3. The Hall–Kier alpha value is -2.47. The topological polar surface area (TPSA) is 62.3 Å². The Kier molecular flexibility index (Phi) is 4.25. The van der Waals surface area contributed by atoms with Crippen molar-refractivity contribution >= 4 is 29.1 Å². The molecular weight excluding hydrogens is 321 g/mol. The van der Waals surface area contributed by atoms with Crippen LogP contribution >= 0.6 is 11.6 Å². The normalized spacial score (nSPS) is 17.4. The van der Waals surface area contributed by atoms with Crippen molar-refractivity contribution in [1.29, 1.82) is 0 Å². The highest BCUT2D eigenvalue weighted by molar-refractivity contribution is 6.33. The Morgan fingerprint density at radius 2 is 2.13 bits per heavy atom. The fourth-order valence-corrected chi connectivity index (χ4v) is 2.76. The van der Waals surface area contributed by atoms with Gasteiger partial charge in [0.1, 0.15) is 0 Å². The Morgan fingerprint density at radius 3 is 2.87 bits per heavy atom. The van der Waals surface area contributed by atoms with E-state index in [1.807, 2.05) is 0 Å². The number of para-hydroxylation sites is 1. The molecule has 0 bridgehead atoms. The Morgan fingerprint density at radius 1 is 1.35 bits per heavy atom. The van der Waals surface area contributed by atoms with E-state index in [1.54, 1.807) is 29.2 Å². The number of nitrogens with zero attached hydrogens (tertiary/aromatic N) is 2. The van der Waals surface area contributed by atoms with E-state index in [2.05, 4.69) is 10.3 Å². The highest BCUT2D eigenvalue weighted by Gasteiger charge is 2.32. The summed E-state index contributed by atoms with van der Waals surface area (Å²) < 4.78 is 13.1. The molecule has 2 amide bonds. The minimum Gasteiger partial charge on any atom is -0.347 e. The van der Waals surface area contributed by atoms with Gasteiger partial charge in [0, 0.05) is 30.8 Å². The molecule has 1 aliphatic rings. The fourth-order valence-electron chi connectivity index (χ4n) is 2.52. The SMILES string of the molecule is O=C(N[C@@H]1CC(=O)N(c2ccccc2Cl)C1)c1ccnc(F)c1. The number of amides is 2. The van der Waals surface area contributed by atoms with Gasteiger partial charge in [-0.25, -0.2) is 4.98 Å². The minimum atomic E-state index is -0.724. The van der Waals surface area contributed by atoms with Gasteiger partial charge < -0.3 is 10.2 Å². The number of halogens is 2. The molecule has 0 unspecified atom stereocenters. The van der Waals surface area contributed by atoms with Crippen molar-refractivity contribution in [3.63, 3.8) is 0 Å². The van der Waals surface area contributed by atoms with Crippen LogP contribution in [0.4, 0.5) is 10.1 Å². The summed E-state index contributed by atoms with van der Waals surface area (Å²) >= 11 is 6.11. The van der Waals surface area contributed by atoms with Crippen LogP contribution in [0.2, 0.25) is 5.02 Å². The number of aromatic nitrogens is 1. The lowest BCUT2D eigenvalue weighted by molar-refractivity contribution is -0.117. The molecule has 1 N–H and O–H groups in total. The smallest absolute Gasteiger partial charge is 0.251 e. The van der Waals surface area contributed by atoms with Crippen molar-refractivity contribution in [2.75, 3.05) is 11.4 Å². The molecule has 1 fully saturated rings. The number of nitrogens with one attached hydrogen (secondary N) is 1.